The number of hydrogen-bond donors (Lipinski definition) is 0. The molecule has 8 heteroatoms. The molecular weight excluding hydrogens is 398 g/mol. The van der Waals surface area contributed by atoms with E-state index in [9.17, 15) is 22.0 Å². The van der Waals surface area contributed by atoms with Crippen LogP contribution in [0.1, 0.15) is 19.8 Å². The first-order valence-corrected chi connectivity index (χ1v) is 10.9. The number of benzene rings is 2. The van der Waals surface area contributed by atoms with Crippen LogP contribution in [0, 0.1) is 17.6 Å². The highest BCUT2D eigenvalue weighted by Crippen LogP contribution is 2.40. The molecule has 5 nitrogen and oxygen atoms in total. The lowest BCUT2D eigenvalue weighted by atomic mass is 9.99. The Morgan fingerprint density at radius 3 is 2.31 bits per heavy atom. The molecular formula is C21H20F2N2O3S. The van der Waals surface area contributed by atoms with Gasteiger partial charge in [-0.1, -0.05) is 19.1 Å². The van der Waals surface area contributed by atoms with Gasteiger partial charge in [0.2, 0.25) is 9.84 Å². The number of para-hydroxylation sites is 1. The maximum Gasteiger partial charge on any atom is 0.267 e. The second-order valence-corrected chi connectivity index (χ2v) is 9.32. The van der Waals surface area contributed by atoms with Crippen molar-refractivity contribution in [1.82, 2.24) is 4.90 Å². The number of carbonyl (C=O) groups is 1. The van der Waals surface area contributed by atoms with Crippen molar-refractivity contribution in [2.75, 3.05) is 18.0 Å². The number of rotatable bonds is 2. The minimum absolute atomic E-state index is 0.0686. The fourth-order valence-corrected chi connectivity index (χ4v) is 5.23. The maximum atomic E-state index is 13.8. The van der Waals surface area contributed by atoms with Crippen LogP contribution in [0.15, 0.2) is 58.5 Å². The number of halogens is 2. The number of anilines is 2. The summed E-state index contributed by atoms with van der Waals surface area (Å²) in [6.07, 6.45) is 2.77. The number of likely N-dealkylation sites (tertiary alicyclic amines) is 1. The van der Waals surface area contributed by atoms with Gasteiger partial charge in [0.1, 0.15) is 11.6 Å². The van der Waals surface area contributed by atoms with Crippen LogP contribution in [-0.4, -0.2) is 32.3 Å². The first-order chi connectivity index (χ1) is 13.8. The number of sulfone groups is 1. The van der Waals surface area contributed by atoms with Gasteiger partial charge in [-0.15, -0.1) is 0 Å². The molecule has 0 spiro atoms. The van der Waals surface area contributed by atoms with E-state index >= 15 is 0 Å². The van der Waals surface area contributed by atoms with Crippen molar-refractivity contribution in [1.29, 1.82) is 0 Å². The van der Waals surface area contributed by atoms with Crippen LogP contribution in [0.3, 0.4) is 0 Å². The number of hydrogen-bond acceptors (Lipinski definition) is 4. The van der Waals surface area contributed by atoms with Gasteiger partial charge in [-0.05, 0) is 43.0 Å². The summed E-state index contributed by atoms with van der Waals surface area (Å²) in [6, 6.07) is 9.04. The molecule has 0 radical (unpaired) electrons. The lowest BCUT2D eigenvalue weighted by Crippen LogP contribution is -2.41. The fourth-order valence-electron chi connectivity index (χ4n) is 3.69. The molecule has 1 amide bonds. The van der Waals surface area contributed by atoms with Gasteiger partial charge < -0.3 is 9.80 Å². The van der Waals surface area contributed by atoms with Gasteiger partial charge in [0.15, 0.2) is 4.91 Å². The molecule has 0 saturated carbocycles. The van der Waals surface area contributed by atoms with Crippen molar-refractivity contribution in [2.45, 2.75) is 24.7 Å². The van der Waals surface area contributed by atoms with Gasteiger partial charge in [0.05, 0.1) is 16.3 Å². The summed E-state index contributed by atoms with van der Waals surface area (Å²) in [4.78, 5) is 15.5. The van der Waals surface area contributed by atoms with E-state index < -0.39 is 32.3 Å². The normalized spacial score (nSPS) is 18.9. The van der Waals surface area contributed by atoms with Gasteiger partial charge in [-0.2, -0.15) is 0 Å². The highest BCUT2D eigenvalue weighted by Gasteiger charge is 2.38. The number of fused-ring (bicyclic) bond motifs is 1. The van der Waals surface area contributed by atoms with Crippen molar-refractivity contribution in [3.8, 4) is 0 Å². The Bertz CT molecular complexity index is 1090. The summed E-state index contributed by atoms with van der Waals surface area (Å²) >= 11 is 0. The summed E-state index contributed by atoms with van der Waals surface area (Å²) in [5.74, 6) is -1.70. The molecule has 0 aliphatic carbocycles. The Morgan fingerprint density at radius 1 is 1.03 bits per heavy atom. The largest absolute Gasteiger partial charge is 0.338 e. The number of amides is 1. The lowest BCUT2D eigenvalue weighted by Gasteiger charge is -2.33. The average molecular weight is 418 g/mol. The third kappa shape index (κ3) is 3.53. The van der Waals surface area contributed by atoms with E-state index in [-0.39, 0.29) is 16.3 Å². The Hall–Kier alpha value is -2.74. The quantitative estimate of drug-likeness (QED) is 0.740. The number of carbonyl (C=O) groups excluding carboxylic acids is 1. The summed E-state index contributed by atoms with van der Waals surface area (Å²) < 4.78 is 54.0. The molecule has 0 aromatic heterocycles. The predicted molar refractivity (Wildman–Crippen MR) is 105 cm³/mol. The highest BCUT2D eigenvalue weighted by atomic mass is 32.2. The number of nitrogens with zero attached hydrogens (tertiary/aromatic N) is 2. The van der Waals surface area contributed by atoms with E-state index in [1.54, 1.807) is 12.1 Å². The maximum absolute atomic E-state index is 13.8. The van der Waals surface area contributed by atoms with E-state index in [2.05, 4.69) is 6.92 Å². The predicted octanol–water partition coefficient (Wildman–Crippen LogP) is 3.99. The van der Waals surface area contributed by atoms with Crippen molar-refractivity contribution in [3.63, 3.8) is 0 Å². The Morgan fingerprint density at radius 2 is 1.66 bits per heavy atom. The first-order valence-electron chi connectivity index (χ1n) is 9.38. The van der Waals surface area contributed by atoms with E-state index in [1.807, 2.05) is 0 Å². The summed E-state index contributed by atoms with van der Waals surface area (Å²) in [5, 5.41) is 0. The van der Waals surface area contributed by atoms with Crippen molar-refractivity contribution in [2.24, 2.45) is 5.92 Å². The van der Waals surface area contributed by atoms with E-state index in [1.165, 1.54) is 28.1 Å². The van der Waals surface area contributed by atoms with E-state index in [4.69, 9.17) is 0 Å². The summed E-state index contributed by atoms with van der Waals surface area (Å²) in [6.45, 7) is 3.04. The molecule has 2 aliphatic heterocycles. The molecule has 0 bridgehead atoms. The fraction of sp³-hybridized carbons (Fsp3) is 0.286. The molecule has 152 valence electrons. The molecule has 1 fully saturated rings. The molecule has 1 saturated heterocycles. The van der Waals surface area contributed by atoms with Crippen LogP contribution >= 0.6 is 0 Å². The highest BCUT2D eigenvalue weighted by molar-refractivity contribution is 7.96. The number of piperidine rings is 1. The van der Waals surface area contributed by atoms with Crippen molar-refractivity contribution in [3.05, 3.63) is 65.2 Å². The van der Waals surface area contributed by atoms with Gasteiger partial charge in [0, 0.05) is 25.4 Å². The first kappa shape index (κ1) is 19.6. The molecule has 2 aromatic rings. The average Bonchev–Trinajstić information content (AvgIpc) is 2.67. The lowest BCUT2D eigenvalue weighted by molar-refractivity contribution is -0.127. The third-order valence-electron chi connectivity index (χ3n) is 5.36. The third-order valence-corrected chi connectivity index (χ3v) is 7.14. The molecule has 0 atom stereocenters. The summed E-state index contributed by atoms with van der Waals surface area (Å²) in [7, 11) is -4.07. The zero-order valence-corrected chi connectivity index (χ0v) is 16.6. The van der Waals surface area contributed by atoms with Gasteiger partial charge in [0.25, 0.3) is 5.91 Å². The molecule has 0 unspecified atom stereocenters. The van der Waals surface area contributed by atoms with Gasteiger partial charge in [-0.25, -0.2) is 17.2 Å². The van der Waals surface area contributed by atoms with E-state index in [0.29, 0.717) is 19.0 Å². The summed E-state index contributed by atoms with van der Waals surface area (Å²) in [5.41, 5.74) is 0.337. The second kappa shape index (κ2) is 7.26. The van der Waals surface area contributed by atoms with Gasteiger partial charge >= 0.3 is 0 Å². The SMILES string of the molecule is CC1CCN(C(=O)C2=CN(c3cc(F)cc(F)c3)c3ccccc3S2(=O)=O)CC1. The standard InChI is InChI=1S/C21H20F2N2O3S/c1-14-6-8-24(9-7-14)21(26)20-13-25(17-11-15(22)10-16(23)12-17)18-4-2-3-5-19(18)29(20,27)28/h2-5,10-14H,6-9H2,1H3. The second-order valence-electron chi connectivity index (χ2n) is 7.44. The van der Waals surface area contributed by atoms with E-state index in [0.717, 1.165) is 31.0 Å². The Balaban J connectivity index is 1.84. The van der Waals surface area contributed by atoms with Crippen LogP contribution in [0.25, 0.3) is 0 Å². The minimum Gasteiger partial charge on any atom is -0.338 e. The van der Waals surface area contributed by atoms with Crippen LogP contribution in [0.4, 0.5) is 20.2 Å². The van der Waals surface area contributed by atoms with Crippen LogP contribution in [0.5, 0.6) is 0 Å². The zero-order chi connectivity index (χ0) is 20.8. The molecule has 2 heterocycles. The van der Waals surface area contributed by atoms with Gasteiger partial charge in [-0.3, -0.25) is 4.79 Å². The minimum atomic E-state index is -4.07. The van der Waals surface area contributed by atoms with Crippen LogP contribution in [0.2, 0.25) is 0 Å². The molecule has 29 heavy (non-hydrogen) atoms. The van der Waals surface area contributed by atoms with Crippen molar-refractivity contribution >= 4 is 27.1 Å². The van der Waals surface area contributed by atoms with Crippen LogP contribution < -0.4 is 4.90 Å². The smallest absolute Gasteiger partial charge is 0.267 e. The molecule has 0 N–H and O–H groups in total. The van der Waals surface area contributed by atoms with Crippen molar-refractivity contribution < 1.29 is 22.0 Å². The van der Waals surface area contributed by atoms with Crippen LogP contribution in [-0.2, 0) is 14.6 Å². The Kier molecular flexibility index (Phi) is 4.90. The monoisotopic (exact) mass is 418 g/mol. The topological polar surface area (TPSA) is 57.7 Å². The molecule has 2 aliphatic rings. The molecule has 4 rings (SSSR count). The Labute approximate surface area is 168 Å². The molecule has 2 aromatic carbocycles. The zero-order valence-electron chi connectivity index (χ0n) is 15.8.